The van der Waals surface area contributed by atoms with Crippen LogP contribution < -0.4 is 4.74 Å². The van der Waals surface area contributed by atoms with E-state index in [1.165, 1.54) is 0 Å². The van der Waals surface area contributed by atoms with Gasteiger partial charge in [0.05, 0.1) is 18.7 Å². The van der Waals surface area contributed by atoms with Crippen molar-refractivity contribution in [1.29, 1.82) is 0 Å². The molecule has 0 aliphatic carbocycles. The van der Waals surface area contributed by atoms with Crippen molar-refractivity contribution in [3.63, 3.8) is 0 Å². The normalized spacial score (nSPS) is 11.0. The van der Waals surface area contributed by atoms with Gasteiger partial charge in [-0.3, -0.25) is 4.57 Å². The largest absolute Gasteiger partial charge is 0.497 e. The third-order valence-corrected chi connectivity index (χ3v) is 3.72. The molecule has 0 saturated carbocycles. The first-order valence-electron chi connectivity index (χ1n) is 6.70. The Morgan fingerprint density at radius 2 is 1.95 bits per heavy atom. The van der Waals surface area contributed by atoms with Crippen LogP contribution in [0.2, 0.25) is 0 Å². The van der Waals surface area contributed by atoms with Crippen molar-refractivity contribution < 1.29 is 4.74 Å². The highest BCUT2D eigenvalue weighted by Gasteiger charge is 2.15. The maximum absolute atomic E-state index is 6.07. The van der Waals surface area contributed by atoms with E-state index < -0.39 is 0 Å². The molecule has 21 heavy (non-hydrogen) atoms. The fourth-order valence-electron chi connectivity index (χ4n) is 2.45. The van der Waals surface area contributed by atoms with Crippen molar-refractivity contribution in [2.75, 3.05) is 7.11 Å². The second-order valence-corrected chi connectivity index (χ2v) is 5.21. The van der Waals surface area contributed by atoms with Crippen LogP contribution in [0.15, 0.2) is 30.3 Å². The summed E-state index contributed by atoms with van der Waals surface area (Å²) >= 11 is 6.07. The van der Waals surface area contributed by atoms with E-state index >= 15 is 0 Å². The van der Waals surface area contributed by atoms with Crippen LogP contribution in [0.25, 0.3) is 16.9 Å². The molecule has 0 atom stereocenters. The highest BCUT2D eigenvalue weighted by Crippen LogP contribution is 2.26. The number of aromatic nitrogens is 3. The standard InChI is InChI=1S/C16H16ClN3O/c1-10-8-12(21-3)5-7-14(10)20-15(9-17)19-13-6-4-11(2)18-16(13)20/h4-8H,9H2,1-3H3. The Kier molecular flexibility index (Phi) is 3.55. The summed E-state index contributed by atoms with van der Waals surface area (Å²) in [4.78, 5) is 9.18. The summed E-state index contributed by atoms with van der Waals surface area (Å²) in [6.45, 7) is 4.01. The number of halogens is 1. The number of fused-ring (bicyclic) bond motifs is 1. The van der Waals surface area contributed by atoms with Crippen molar-refractivity contribution in [2.45, 2.75) is 19.7 Å². The fraction of sp³-hybridized carbons (Fsp3) is 0.250. The predicted octanol–water partition coefficient (Wildman–Crippen LogP) is 3.78. The van der Waals surface area contributed by atoms with Crippen LogP contribution in [0.4, 0.5) is 0 Å². The minimum Gasteiger partial charge on any atom is -0.497 e. The molecule has 3 rings (SSSR count). The lowest BCUT2D eigenvalue weighted by atomic mass is 10.2. The molecule has 2 heterocycles. The molecule has 2 aromatic heterocycles. The summed E-state index contributed by atoms with van der Waals surface area (Å²) in [5.74, 6) is 1.95. The molecule has 5 heteroatoms. The van der Waals surface area contributed by atoms with Crippen molar-refractivity contribution in [3.8, 4) is 11.4 Å². The molecule has 0 aliphatic rings. The molecule has 0 N–H and O–H groups in total. The number of imidazole rings is 1. The maximum atomic E-state index is 6.07. The Labute approximate surface area is 128 Å². The number of alkyl halides is 1. The van der Waals surface area contributed by atoms with Crippen LogP contribution in [-0.4, -0.2) is 21.6 Å². The van der Waals surface area contributed by atoms with Gasteiger partial charge in [-0.15, -0.1) is 11.6 Å². The molecular weight excluding hydrogens is 286 g/mol. The highest BCUT2D eigenvalue weighted by molar-refractivity contribution is 6.16. The molecule has 0 aliphatic heterocycles. The summed E-state index contributed by atoms with van der Waals surface area (Å²) in [5, 5.41) is 0. The number of aryl methyl sites for hydroxylation is 2. The average Bonchev–Trinajstić information content (AvgIpc) is 2.84. The zero-order chi connectivity index (χ0) is 15.0. The summed E-state index contributed by atoms with van der Waals surface area (Å²) in [7, 11) is 1.66. The zero-order valence-electron chi connectivity index (χ0n) is 12.2. The van der Waals surface area contributed by atoms with E-state index in [9.17, 15) is 0 Å². The van der Waals surface area contributed by atoms with Gasteiger partial charge in [-0.05, 0) is 49.7 Å². The highest BCUT2D eigenvalue weighted by atomic mass is 35.5. The molecule has 0 bridgehead atoms. The second-order valence-electron chi connectivity index (χ2n) is 4.94. The van der Waals surface area contributed by atoms with E-state index in [0.29, 0.717) is 5.88 Å². The van der Waals surface area contributed by atoms with Gasteiger partial charge in [0, 0.05) is 5.69 Å². The first-order chi connectivity index (χ1) is 10.1. The average molecular weight is 302 g/mol. The number of benzene rings is 1. The number of pyridine rings is 1. The van der Waals surface area contributed by atoms with Crippen molar-refractivity contribution >= 4 is 22.8 Å². The molecular formula is C16H16ClN3O. The lowest BCUT2D eigenvalue weighted by Crippen LogP contribution is -2.03. The molecule has 1 aromatic carbocycles. The van der Waals surface area contributed by atoms with Gasteiger partial charge in [0.25, 0.3) is 0 Å². The van der Waals surface area contributed by atoms with E-state index in [0.717, 1.165) is 39.7 Å². The van der Waals surface area contributed by atoms with E-state index in [-0.39, 0.29) is 0 Å². The van der Waals surface area contributed by atoms with Crippen LogP contribution >= 0.6 is 11.6 Å². The van der Waals surface area contributed by atoms with Crippen molar-refractivity contribution in [2.24, 2.45) is 0 Å². The van der Waals surface area contributed by atoms with Gasteiger partial charge in [0.1, 0.15) is 17.1 Å². The minimum atomic E-state index is 0.334. The van der Waals surface area contributed by atoms with Gasteiger partial charge in [0.15, 0.2) is 5.65 Å². The first kappa shape index (κ1) is 13.9. The predicted molar refractivity (Wildman–Crippen MR) is 84.4 cm³/mol. The van der Waals surface area contributed by atoms with Gasteiger partial charge in [0.2, 0.25) is 0 Å². The molecule has 0 radical (unpaired) electrons. The smallest absolute Gasteiger partial charge is 0.164 e. The Balaban J connectivity index is 2.30. The van der Waals surface area contributed by atoms with E-state index in [1.807, 2.05) is 48.7 Å². The van der Waals surface area contributed by atoms with Gasteiger partial charge >= 0.3 is 0 Å². The van der Waals surface area contributed by atoms with Crippen molar-refractivity contribution in [1.82, 2.24) is 14.5 Å². The summed E-state index contributed by atoms with van der Waals surface area (Å²) in [5.41, 5.74) is 4.75. The summed E-state index contributed by atoms with van der Waals surface area (Å²) in [6.07, 6.45) is 0. The van der Waals surface area contributed by atoms with Gasteiger partial charge in [-0.2, -0.15) is 0 Å². The van der Waals surface area contributed by atoms with Crippen LogP contribution in [0.3, 0.4) is 0 Å². The molecule has 0 spiro atoms. The number of ether oxygens (including phenoxy) is 1. The van der Waals surface area contributed by atoms with Crippen LogP contribution in [0.1, 0.15) is 17.1 Å². The van der Waals surface area contributed by atoms with E-state index in [4.69, 9.17) is 16.3 Å². The number of rotatable bonds is 3. The monoisotopic (exact) mass is 301 g/mol. The number of methoxy groups -OCH3 is 1. The molecule has 3 aromatic rings. The maximum Gasteiger partial charge on any atom is 0.164 e. The number of hydrogen-bond acceptors (Lipinski definition) is 3. The van der Waals surface area contributed by atoms with Gasteiger partial charge < -0.3 is 4.74 Å². The van der Waals surface area contributed by atoms with Crippen LogP contribution in [0.5, 0.6) is 5.75 Å². The quantitative estimate of drug-likeness (QED) is 0.691. The topological polar surface area (TPSA) is 39.9 Å². The molecule has 108 valence electrons. The zero-order valence-corrected chi connectivity index (χ0v) is 13.0. The second kappa shape index (κ2) is 5.37. The Bertz CT molecular complexity index is 811. The fourth-order valence-corrected chi connectivity index (χ4v) is 2.63. The number of nitrogens with zero attached hydrogens (tertiary/aromatic N) is 3. The van der Waals surface area contributed by atoms with Crippen LogP contribution in [-0.2, 0) is 5.88 Å². The molecule has 0 saturated heterocycles. The molecule has 0 amide bonds. The Morgan fingerprint density at radius 1 is 1.14 bits per heavy atom. The third-order valence-electron chi connectivity index (χ3n) is 3.48. The van der Waals surface area contributed by atoms with Gasteiger partial charge in [-0.1, -0.05) is 0 Å². The minimum absolute atomic E-state index is 0.334. The van der Waals surface area contributed by atoms with Crippen molar-refractivity contribution in [3.05, 3.63) is 47.4 Å². The Morgan fingerprint density at radius 3 is 2.62 bits per heavy atom. The molecule has 0 unspecified atom stereocenters. The van der Waals surface area contributed by atoms with E-state index in [2.05, 4.69) is 9.97 Å². The van der Waals surface area contributed by atoms with E-state index in [1.54, 1.807) is 7.11 Å². The van der Waals surface area contributed by atoms with Crippen LogP contribution in [0, 0.1) is 13.8 Å². The SMILES string of the molecule is COc1ccc(-n2c(CCl)nc3ccc(C)nc32)c(C)c1. The molecule has 0 fully saturated rings. The summed E-state index contributed by atoms with van der Waals surface area (Å²) < 4.78 is 7.28. The lowest BCUT2D eigenvalue weighted by molar-refractivity contribution is 0.414. The third kappa shape index (κ3) is 2.36. The summed E-state index contributed by atoms with van der Waals surface area (Å²) in [6, 6.07) is 9.87. The number of hydrogen-bond donors (Lipinski definition) is 0. The first-order valence-corrected chi connectivity index (χ1v) is 7.23. The lowest BCUT2D eigenvalue weighted by Gasteiger charge is -2.12. The molecule has 4 nitrogen and oxygen atoms in total. The van der Waals surface area contributed by atoms with Gasteiger partial charge in [-0.25, -0.2) is 9.97 Å². The Hall–Kier alpha value is -2.07.